The third-order valence-corrected chi connectivity index (χ3v) is 2.52. The molecule has 7 nitrogen and oxygen atoms in total. The summed E-state index contributed by atoms with van der Waals surface area (Å²) in [5.74, 6) is 0.214. The van der Waals surface area contributed by atoms with Crippen molar-refractivity contribution in [2.24, 2.45) is 5.73 Å². The van der Waals surface area contributed by atoms with Crippen molar-refractivity contribution in [2.75, 3.05) is 11.4 Å². The maximum atomic E-state index is 11.2. The van der Waals surface area contributed by atoms with Crippen molar-refractivity contribution in [3.63, 3.8) is 0 Å². The largest absolute Gasteiger partial charge is 0.368 e. The van der Waals surface area contributed by atoms with Gasteiger partial charge in [-0.2, -0.15) is 0 Å². The fourth-order valence-corrected chi connectivity index (χ4v) is 1.66. The SMILES string of the molecule is NC(=O)CN(c1cc(Cl)ncn1)c1cc(Cl)ncn1. The van der Waals surface area contributed by atoms with Crippen LogP contribution in [0.5, 0.6) is 0 Å². The minimum Gasteiger partial charge on any atom is -0.368 e. The van der Waals surface area contributed by atoms with Gasteiger partial charge in [0.2, 0.25) is 5.91 Å². The van der Waals surface area contributed by atoms with Gasteiger partial charge in [0, 0.05) is 12.1 Å². The number of carbonyl (C=O) groups excluding carboxylic acids is 1. The maximum Gasteiger partial charge on any atom is 0.237 e. The first-order valence-corrected chi connectivity index (χ1v) is 5.83. The summed E-state index contributed by atoms with van der Waals surface area (Å²) in [5.41, 5.74) is 5.21. The lowest BCUT2D eigenvalue weighted by Gasteiger charge is -2.20. The fourth-order valence-electron chi connectivity index (χ4n) is 1.38. The van der Waals surface area contributed by atoms with Crippen molar-refractivity contribution in [1.29, 1.82) is 0 Å². The first-order valence-electron chi connectivity index (χ1n) is 5.07. The van der Waals surface area contributed by atoms with Gasteiger partial charge in [-0.25, -0.2) is 19.9 Å². The molecule has 2 heterocycles. The molecule has 0 fully saturated rings. The second-order valence-corrected chi connectivity index (χ2v) is 4.22. The molecule has 0 aliphatic heterocycles. The topological polar surface area (TPSA) is 97.9 Å². The van der Waals surface area contributed by atoms with E-state index in [0.29, 0.717) is 11.6 Å². The predicted molar refractivity (Wildman–Crippen MR) is 70.3 cm³/mol. The standard InChI is InChI=1S/C10H8Cl2N6O/c11-6-1-9(16-4-14-6)18(3-8(13)19)10-2-7(12)15-5-17-10/h1-2,4-5H,3H2,(H2,13,19). The van der Waals surface area contributed by atoms with Crippen molar-refractivity contribution in [3.05, 3.63) is 35.1 Å². The molecular formula is C10H8Cl2N6O. The summed E-state index contributed by atoms with van der Waals surface area (Å²) >= 11 is 11.6. The van der Waals surface area contributed by atoms with Crippen molar-refractivity contribution in [2.45, 2.75) is 0 Å². The molecule has 0 bridgehead atoms. The molecule has 2 aromatic heterocycles. The molecule has 19 heavy (non-hydrogen) atoms. The summed E-state index contributed by atoms with van der Waals surface area (Å²) in [6.45, 7) is -0.124. The molecule has 0 aliphatic carbocycles. The minimum atomic E-state index is -0.551. The summed E-state index contributed by atoms with van der Waals surface area (Å²) in [4.78, 5) is 28.2. The Kier molecular flexibility index (Phi) is 4.08. The molecule has 98 valence electrons. The number of primary amides is 1. The number of halogens is 2. The van der Waals surface area contributed by atoms with Crippen molar-refractivity contribution in [3.8, 4) is 0 Å². The average molecular weight is 299 g/mol. The van der Waals surface area contributed by atoms with Crippen LogP contribution < -0.4 is 10.6 Å². The van der Waals surface area contributed by atoms with Crippen LogP contribution >= 0.6 is 23.2 Å². The van der Waals surface area contributed by atoms with E-state index in [9.17, 15) is 4.79 Å². The van der Waals surface area contributed by atoms with Crippen LogP contribution in [0.25, 0.3) is 0 Å². The monoisotopic (exact) mass is 298 g/mol. The lowest BCUT2D eigenvalue weighted by atomic mass is 10.4. The zero-order valence-electron chi connectivity index (χ0n) is 9.49. The highest BCUT2D eigenvalue weighted by atomic mass is 35.5. The number of anilines is 2. The Morgan fingerprint density at radius 3 is 1.89 bits per heavy atom. The Labute approximate surface area is 118 Å². The molecule has 0 spiro atoms. The Balaban J connectivity index is 2.44. The van der Waals surface area contributed by atoms with Crippen molar-refractivity contribution in [1.82, 2.24) is 19.9 Å². The van der Waals surface area contributed by atoms with Gasteiger partial charge in [-0.15, -0.1) is 0 Å². The normalized spacial score (nSPS) is 10.2. The molecule has 0 radical (unpaired) electrons. The van der Waals surface area contributed by atoms with E-state index in [4.69, 9.17) is 28.9 Å². The number of amides is 1. The summed E-state index contributed by atoms with van der Waals surface area (Å²) in [6.07, 6.45) is 2.54. The van der Waals surface area contributed by atoms with Crippen LogP contribution in [0.2, 0.25) is 10.3 Å². The van der Waals surface area contributed by atoms with Gasteiger partial charge in [0.05, 0.1) is 0 Å². The van der Waals surface area contributed by atoms with Gasteiger partial charge in [-0.1, -0.05) is 23.2 Å². The quantitative estimate of drug-likeness (QED) is 0.852. The molecule has 0 aliphatic rings. The molecular weight excluding hydrogens is 291 g/mol. The number of carbonyl (C=O) groups is 1. The second kappa shape index (κ2) is 5.77. The molecule has 0 unspecified atom stereocenters. The zero-order chi connectivity index (χ0) is 13.8. The first kappa shape index (κ1) is 13.4. The van der Waals surface area contributed by atoms with E-state index in [-0.39, 0.29) is 16.9 Å². The highest BCUT2D eigenvalue weighted by Crippen LogP contribution is 2.23. The van der Waals surface area contributed by atoms with Gasteiger partial charge < -0.3 is 10.6 Å². The van der Waals surface area contributed by atoms with Crippen LogP contribution in [-0.2, 0) is 4.79 Å². The Hall–Kier alpha value is -1.99. The lowest BCUT2D eigenvalue weighted by Crippen LogP contribution is -2.31. The van der Waals surface area contributed by atoms with Crippen LogP contribution in [0.15, 0.2) is 24.8 Å². The zero-order valence-corrected chi connectivity index (χ0v) is 11.0. The molecule has 0 atom stereocenters. The lowest BCUT2D eigenvalue weighted by molar-refractivity contribution is -0.116. The van der Waals surface area contributed by atoms with Crippen LogP contribution in [0, 0.1) is 0 Å². The van der Waals surface area contributed by atoms with Gasteiger partial charge in [-0.3, -0.25) is 4.79 Å². The second-order valence-electron chi connectivity index (χ2n) is 3.45. The van der Waals surface area contributed by atoms with E-state index in [2.05, 4.69) is 19.9 Å². The number of nitrogens with two attached hydrogens (primary N) is 1. The first-order chi connectivity index (χ1) is 9.06. The van der Waals surface area contributed by atoms with Gasteiger partial charge in [0.15, 0.2) is 0 Å². The van der Waals surface area contributed by atoms with E-state index in [1.54, 1.807) is 0 Å². The van der Waals surface area contributed by atoms with Gasteiger partial charge >= 0.3 is 0 Å². The minimum absolute atomic E-state index is 0.124. The van der Waals surface area contributed by atoms with Crippen molar-refractivity contribution < 1.29 is 4.79 Å². The molecule has 0 saturated carbocycles. The molecule has 1 amide bonds. The molecule has 9 heteroatoms. The number of nitrogens with zero attached hydrogens (tertiary/aromatic N) is 5. The predicted octanol–water partition coefficient (Wildman–Crippen LogP) is 1.20. The third-order valence-electron chi connectivity index (χ3n) is 2.11. The van der Waals surface area contributed by atoms with Gasteiger partial charge in [-0.05, 0) is 0 Å². The number of rotatable bonds is 4. The maximum absolute atomic E-state index is 11.2. The molecule has 0 aromatic carbocycles. The van der Waals surface area contributed by atoms with Crippen molar-refractivity contribution >= 4 is 40.7 Å². The van der Waals surface area contributed by atoms with Crippen LogP contribution in [0.4, 0.5) is 11.6 Å². The molecule has 2 N–H and O–H groups in total. The van der Waals surface area contributed by atoms with E-state index >= 15 is 0 Å². The van der Waals surface area contributed by atoms with Gasteiger partial charge in [0.1, 0.15) is 41.1 Å². The van der Waals surface area contributed by atoms with Crippen LogP contribution in [-0.4, -0.2) is 32.4 Å². The third kappa shape index (κ3) is 3.49. The smallest absolute Gasteiger partial charge is 0.237 e. The molecule has 2 rings (SSSR count). The number of hydrogen-bond donors (Lipinski definition) is 1. The highest BCUT2D eigenvalue weighted by molar-refractivity contribution is 6.30. The highest BCUT2D eigenvalue weighted by Gasteiger charge is 2.15. The molecule has 0 saturated heterocycles. The molecule has 2 aromatic rings. The number of hydrogen-bond acceptors (Lipinski definition) is 6. The van der Waals surface area contributed by atoms with E-state index in [0.717, 1.165) is 0 Å². The van der Waals surface area contributed by atoms with Gasteiger partial charge in [0.25, 0.3) is 0 Å². The Morgan fingerprint density at radius 1 is 1.05 bits per heavy atom. The van der Waals surface area contributed by atoms with E-state index in [1.165, 1.54) is 29.7 Å². The average Bonchev–Trinajstić information content (AvgIpc) is 2.35. The van der Waals surface area contributed by atoms with E-state index in [1.807, 2.05) is 0 Å². The summed E-state index contributed by atoms with van der Waals surface area (Å²) < 4.78 is 0. The van der Waals surface area contributed by atoms with E-state index < -0.39 is 5.91 Å². The number of aromatic nitrogens is 4. The summed E-state index contributed by atoms with van der Waals surface area (Å²) in [5, 5.41) is 0.472. The van der Waals surface area contributed by atoms with Crippen LogP contribution in [0.3, 0.4) is 0 Å². The Bertz CT molecular complexity index is 563. The Morgan fingerprint density at radius 2 is 1.53 bits per heavy atom. The fraction of sp³-hybridized carbons (Fsp3) is 0.100. The summed E-state index contributed by atoms with van der Waals surface area (Å²) in [7, 11) is 0. The van der Waals surface area contributed by atoms with Crippen LogP contribution in [0.1, 0.15) is 0 Å². The summed E-state index contributed by atoms with van der Waals surface area (Å²) in [6, 6.07) is 2.97.